The van der Waals surface area contributed by atoms with Crippen LogP contribution in [0.5, 0.6) is 0 Å². The number of aliphatic hydroxyl groups excluding tert-OH is 1. The van der Waals surface area contributed by atoms with E-state index in [9.17, 15) is 5.11 Å². The minimum Gasteiger partial charge on any atom is -0.391 e. The molecule has 2 unspecified atom stereocenters. The van der Waals surface area contributed by atoms with Crippen molar-refractivity contribution in [2.75, 3.05) is 7.05 Å². The third kappa shape index (κ3) is 3.72. The second-order valence-corrected chi connectivity index (χ2v) is 7.79. The van der Waals surface area contributed by atoms with Crippen molar-refractivity contribution in [1.29, 1.82) is 0 Å². The van der Waals surface area contributed by atoms with Crippen LogP contribution in [0.2, 0.25) is 0 Å². The van der Waals surface area contributed by atoms with E-state index >= 15 is 0 Å². The SMILES string of the molecule is CCC1CCC(N(C)C2CC(C)(C)CCC2O)CC1. The van der Waals surface area contributed by atoms with Crippen LogP contribution in [0.1, 0.15) is 72.1 Å². The number of likely N-dealkylation sites (N-methyl/N-ethyl adjacent to an activating group) is 1. The van der Waals surface area contributed by atoms with E-state index in [0.717, 1.165) is 18.8 Å². The fraction of sp³-hybridized carbons (Fsp3) is 1.00. The molecule has 0 bridgehead atoms. The summed E-state index contributed by atoms with van der Waals surface area (Å²) in [6.07, 6.45) is 9.97. The van der Waals surface area contributed by atoms with Crippen LogP contribution >= 0.6 is 0 Å². The Morgan fingerprint density at radius 3 is 2.32 bits per heavy atom. The minimum absolute atomic E-state index is 0.109. The lowest BCUT2D eigenvalue weighted by Gasteiger charge is -2.46. The van der Waals surface area contributed by atoms with Gasteiger partial charge in [-0.15, -0.1) is 0 Å². The maximum atomic E-state index is 10.4. The lowest BCUT2D eigenvalue weighted by atomic mass is 9.72. The molecule has 0 spiro atoms. The molecule has 0 aromatic rings. The topological polar surface area (TPSA) is 23.5 Å². The van der Waals surface area contributed by atoms with Crippen LogP contribution in [-0.2, 0) is 0 Å². The number of nitrogens with zero attached hydrogens (tertiary/aromatic N) is 1. The van der Waals surface area contributed by atoms with Gasteiger partial charge in [-0.3, -0.25) is 4.90 Å². The molecule has 2 fully saturated rings. The Morgan fingerprint density at radius 1 is 1.11 bits per heavy atom. The summed E-state index contributed by atoms with van der Waals surface area (Å²) in [5.74, 6) is 0.956. The van der Waals surface area contributed by atoms with E-state index in [1.165, 1.54) is 38.5 Å². The summed E-state index contributed by atoms with van der Waals surface area (Å²) in [5.41, 5.74) is 0.402. The second-order valence-electron chi connectivity index (χ2n) is 7.79. The lowest BCUT2D eigenvalue weighted by Crippen LogP contribution is -2.52. The molecule has 2 nitrogen and oxygen atoms in total. The molecule has 0 aromatic heterocycles. The second kappa shape index (κ2) is 6.13. The molecule has 2 aliphatic carbocycles. The van der Waals surface area contributed by atoms with Crippen molar-refractivity contribution in [1.82, 2.24) is 4.90 Å². The van der Waals surface area contributed by atoms with Crippen molar-refractivity contribution in [2.24, 2.45) is 11.3 Å². The molecule has 2 heteroatoms. The lowest BCUT2D eigenvalue weighted by molar-refractivity contribution is -0.0305. The maximum absolute atomic E-state index is 10.4. The van der Waals surface area contributed by atoms with Crippen LogP contribution in [0.25, 0.3) is 0 Å². The minimum atomic E-state index is -0.109. The van der Waals surface area contributed by atoms with Gasteiger partial charge in [-0.25, -0.2) is 0 Å². The molecule has 0 saturated heterocycles. The van der Waals surface area contributed by atoms with E-state index in [-0.39, 0.29) is 6.10 Å². The van der Waals surface area contributed by atoms with Gasteiger partial charge >= 0.3 is 0 Å². The summed E-state index contributed by atoms with van der Waals surface area (Å²) in [6.45, 7) is 7.03. The average molecular weight is 267 g/mol. The zero-order chi connectivity index (χ0) is 14.0. The summed E-state index contributed by atoms with van der Waals surface area (Å²) >= 11 is 0. The quantitative estimate of drug-likeness (QED) is 0.840. The molecule has 0 heterocycles. The fourth-order valence-corrected chi connectivity index (χ4v) is 4.18. The maximum Gasteiger partial charge on any atom is 0.0695 e. The van der Waals surface area contributed by atoms with Crippen LogP contribution in [0.15, 0.2) is 0 Å². The Labute approximate surface area is 119 Å². The highest BCUT2D eigenvalue weighted by molar-refractivity contribution is 4.92. The Bertz CT molecular complexity index is 281. The highest BCUT2D eigenvalue weighted by atomic mass is 16.3. The molecule has 0 aliphatic heterocycles. The van der Waals surface area contributed by atoms with Crippen molar-refractivity contribution in [2.45, 2.75) is 90.3 Å². The molecule has 0 aromatic carbocycles. The average Bonchev–Trinajstić information content (AvgIpc) is 2.41. The van der Waals surface area contributed by atoms with Crippen LogP contribution < -0.4 is 0 Å². The molecule has 2 atom stereocenters. The van der Waals surface area contributed by atoms with Crippen LogP contribution in [0.3, 0.4) is 0 Å². The molecule has 0 amide bonds. The van der Waals surface area contributed by atoms with E-state index in [1.54, 1.807) is 0 Å². The van der Waals surface area contributed by atoms with Crippen molar-refractivity contribution in [3.63, 3.8) is 0 Å². The highest BCUT2D eigenvalue weighted by Crippen LogP contribution is 2.39. The van der Waals surface area contributed by atoms with Gasteiger partial charge in [0.15, 0.2) is 0 Å². The summed E-state index contributed by atoms with van der Waals surface area (Å²) < 4.78 is 0. The molecule has 0 radical (unpaired) electrons. The first-order chi connectivity index (χ1) is 8.93. The first kappa shape index (κ1) is 15.3. The Morgan fingerprint density at radius 2 is 1.74 bits per heavy atom. The molecule has 2 aliphatic rings. The van der Waals surface area contributed by atoms with E-state index in [4.69, 9.17) is 0 Å². The standard InChI is InChI=1S/C17H33NO/c1-5-13-6-8-14(9-7-13)18(4)15-12-17(2,3)11-10-16(15)19/h13-16,19H,5-12H2,1-4H3. The summed E-state index contributed by atoms with van der Waals surface area (Å²) in [5, 5.41) is 10.4. The summed E-state index contributed by atoms with van der Waals surface area (Å²) in [6, 6.07) is 1.09. The number of rotatable bonds is 3. The van der Waals surface area contributed by atoms with Gasteiger partial charge in [0.25, 0.3) is 0 Å². The monoisotopic (exact) mass is 267 g/mol. The Kier molecular flexibility index (Phi) is 4.94. The van der Waals surface area contributed by atoms with Crippen molar-refractivity contribution in [3.05, 3.63) is 0 Å². The van der Waals surface area contributed by atoms with Gasteiger partial charge in [-0.2, -0.15) is 0 Å². The zero-order valence-corrected chi connectivity index (χ0v) is 13.4. The molecule has 1 N–H and O–H groups in total. The molecule has 112 valence electrons. The zero-order valence-electron chi connectivity index (χ0n) is 13.4. The first-order valence-electron chi connectivity index (χ1n) is 8.33. The fourth-order valence-electron chi connectivity index (χ4n) is 4.18. The molecule has 2 saturated carbocycles. The van der Waals surface area contributed by atoms with Crippen LogP contribution in [0.4, 0.5) is 0 Å². The van der Waals surface area contributed by atoms with Gasteiger partial charge in [-0.05, 0) is 63.3 Å². The smallest absolute Gasteiger partial charge is 0.0695 e. The predicted molar refractivity (Wildman–Crippen MR) is 81.2 cm³/mol. The molecule has 19 heavy (non-hydrogen) atoms. The number of hydrogen-bond donors (Lipinski definition) is 1. The van der Waals surface area contributed by atoms with Crippen molar-refractivity contribution < 1.29 is 5.11 Å². The first-order valence-corrected chi connectivity index (χ1v) is 8.33. The van der Waals surface area contributed by atoms with E-state index in [0.29, 0.717) is 17.5 Å². The Balaban J connectivity index is 1.93. The summed E-state index contributed by atoms with van der Waals surface area (Å²) in [4.78, 5) is 2.53. The molecular weight excluding hydrogens is 234 g/mol. The van der Waals surface area contributed by atoms with Gasteiger partial charge in [0, 0.05) is 12.1 Å². The van der Waals surface area contributed by atoms with Crippen molar-refractivity contribution in [3.8, 4) is 0 Å². The third-order valence-electron chi connectivity index (χ3n) is 5.82. The number of hydrogen-bond acceptors (Lipinski definition) is 2. The predicted octanol–water partition coefficient (Wildman–Crippen LogP) is 3.83. The van der Waals surface area contributed by atoms with Crippen LogP contribution in [0, 0.1) is 11.3 Å². The Hall–Kier alpha value is -0.0800. The normalized spacial score (nSPS) is 39.5. The number of aliphatic hydroxyl groups is 1. The largest absolute Gasteiger partial charge is 0.391 e. The van der Waals surface area contributed by atoms with Crippen LogP contribution in [-0.4, -0.2) is 35.2 Å². The van der Waals surface area contributed by atoms with Gasteiger partial charge in [0.2, 0.25) is 0 Å². The van der Waals surface area contributed by atoms with Gasteiger partial charge in [0.1, 0.15) is 0 Å². The summed E-state index contributed by atoms with van der Waals surface area (Å²) in [7, 11) is 2.26. The van der Waals surface area contributed by atoms with Gasteiger partial charge in [0.05, 0.1) is 6.10 Å². The van der Waals surface area contributed by atoms with E-state index < -0.39 is 0 Å². The van der Waals surface area contributed by atoms with Gasteiger partial charge < -0.3 is 5.11 Å². The third-order valence-corrected chi connectivity index (χ3v) is 5.82. The van der Waals surface area contributed by atoms with Crippen molar-refractivity contribution >= 4 is 0 Å². The highest BCUT2D eigenvalue weighted by Gasteiger charge is 2.38. The van der Waals surface area contributed by atoms with E-state index in [1.807, 2.05) is 0 Å². The van der Waals surface area contributed by atoms with Gasteiger partial charge in [-0.1, -0.05) is 27.2 Å². The molecular formula is C17H33NO. The molecule has 2 rings (SSSR count). The van der Waals surface area contributed by atoms with E-state index in [2.05, 4.69) is 32.7 Å².